The minimum absolute atomic E-state index is 0.114. The Hall–Kier alpha value is -0.930. The zero-order chi connectivity index (χ0) is 12.1. The molecule has 0 aliphatic heterocycles. The van der Waals surface area contributed by atoms with E-state index in [4.69, 9.17) is 0 Å². The summed E-state index contributed by atoms with van der Waals surface area (Å²) in [5.74, 6) is 0.166. The zero-order valence-corrected chi connectivity index (χ0v) is 10.2. The Kier molecular flexibility index (Phi) is 4.90. The Bertz CT molecular complexity index is 327. The summed E-state index contributed by atoms with van der Waals surface area (Å²) < 4.78 is 13.0. The molecule has 0 aromatic heterocycles. The molecule has 3 heteroatoms. The number of aliphatic hydroxyl groups excluding tert-OH is 1. The number of benzene rings is 1. The molecule has 16 heavy (non-hydrogen) atoms. The van der Waals surface area contributed by atoms with Crippen molar-refractivity contribution in [3.8, 4) is 0 Å². The van der Waals surface area contributed by atoms with E-state index in [1.165, 1.54) is 12.1 Å². The van der Waals surface area contributed by atoms with E-state index in [9.17, 15) is 9.50 Å². The molecule has 0 amide bonds. The van der Waals surface area contributed by atoms with Gasteiger partial charge in [0.25, 0.3) is 0 Å². The van der Waals surface area contributed by atoms with E-state index in [2.05, 4.69) is 18.7 Å². The van der Waals surface area contributed by atoms with Gasteiger partial charge in [0, 0.05) is 12.6 Å². The molecule has 1 rings (SSSR count). The summed E-state index contributed by atoms with van der Waals surface area (Å²) in [7, 11) is 1.95. The lowest BCUT2D eigenvalue weighted by Gasteiger charge is -2.29. The minimum Gasteiger partial charge on any atom is -0.395 e. The van der Waals surface area contributed by atoms with Crippen molar-refractivity contribution in [2.45, 2.75) is 26.4 Å². The number of rotatable bonds is 5. The van der Waals surface area contributed by atoms with E-state index in [1.54, 1.807) is 6.07 Å². The quantitative estimate of drug-likeness (QED) is 0.831. The van der Waals surface area contributed by atoms with Crippen LogP contribution in [0.5, 0.6) is 0 Å². The highest BCUT2D eigenvalue weighted by Gasteiger charge is 2.17. The van der Waals surface area contributed by atoms with Crippen molar-refractivity contribution in [1.29, 1.82) is 0 Å². The van der Waals surface area contributed by atoms with Crippen LogP contribution in [-0.2, 0) is 6.54 Å². The summed E-state index contributed by atoms with van der Waals surface area (Å²) in [4.78, 5) is 2.06. The summed E-state index contributed by atoms with van der Waals surface area (Å²) in [5.41, 5.74) is 0.932. The topological polar surface area (TPSA) is 23.5 Å². The SMILES string of the molecule is CC(C)C(CO)N(C)Cc1cccc(F)c1. The van der Waals surface area contributed by atoms with Crippen LogP contribution in [0, 0.1) is 11.7 Å². The van der Waals surface area contributed by atoms with Gasteiger partial charge in [-0.3, -0.25) is 4.90 Å². The molecular weight excluding hydrogens is 205 g/mol. The molecule has 1 aromatic carbocycles. The number of halogens is 1. The number of likely N-dealkylation sites (N-methyl/N-ethyl adjacent to an activating group) is 1. The molecule has 0 spiro atoms. The fraction of sp³-hybridized carbons (Fsp3) is 0.538. The van der Waals surface area contributed by atoms with Crippen LogP contribution in [0.1, 0.15) is 19.4 Å². The number of aliphatic hydroxyl groups is 1. The normalized spacial score (nSPS) is 13.4. The van der Waals surface area contributed by atoms with Gasteiger partial charge in [-0.15, -0.1) is 0 Å². The molecule has 0 aliphatic rings. The van der Waals surface area contributed by atoms with Crippen molar-refractivity contribution in [3.63, 3.8) is 0 Å². The first-order chi connectivity index (χ1) is 7.54. The van der Waals surface area contributed by atoms with Crippen molar-refractivity contribution in [2.24, 2.45) is 5.92 Å². The molecule has 0 heterocycles. The molecule has 0 saturated carbocycles. The first kappa shape index (κ1) is 13.1. The largest absolute Gasteiger partial charge is 0.395 e. The Morgan fingerprint density at radius 1 is 1.38 bits per heavy atom. The van der Waals surface area contributed by atoms with Gasteiger partial charge in [0.15, 0.2) is 0 Å². The molecule has 1 aromatic rings. The third-order valence-corrected chi connectivity index (χ3v) is 2.84. The van der Waals surface area contributed by atoms with E-state index in [-0.39, 0.29) is 18.5 Å². The maximum atomic E-state index is 13.0. The van der Waals surface area contributed by atoms with Crippen molar-refractivity contribution in [2.75, 3.05) is 13.7 Å². The highest BCUT2D eigenvalue weighted by Crippen LogP contribution is 2.13. The smallest absolute Gasteiger partial charge is 0.123 e. The fourth-order valence-electron chi connectivity index (χ4n) is 1.90. The third kappa shape index (κ3) is 3.58. The standard InChI is InChI=1S/C13H20FNO/c1-10(2)13(9-16)15(3)8-11-5-4-6-12(14)7-11/h4-7,10,13,16H,8-9H2,1-3H3. The zero-order valence-electron chi connectivity index (χ0n) is 10.2. The van der Waals surface area contributed by atoms with Gasteiger partial charge in [-0.05, 0) is 30.7 Å². The maximum absolute atomic E-state index is 13.0. The molecule has 0 aliphatic carbocycles. The second kappa shape index (κ2) is 5.97. The molecule has 2 nitrogen and oxygen atoms in total. The fourth-order valence-corrected chi connectivity index (χ4v) is 1.90. The van der Waals surface area contributed by atoms with Crippen molar-refractivity contribution in [3.05, 3.63) is 35.6 Å². The predicted molar refractivity (Wildman–Crippen MR) is 63.6 cm³/mol. The van der Waals surface area contributed by atoms with Gasteiger partial charge >= 0.3 is 0 Å². The third-order valence-electron chi connectivity index (χ3n) is 2.84. The monoisotopic (exact) mass is 225 g/mol. The van der Waals surface area contributed by atoms with Crippen LogP contribution >= 0.6 is 0 Å². The van der Waals surface area contributed by atoms with Crippen LogP contribution in [0.15, 0.2) is 24.3 Å². The second-order valence-corrected chi connectivity index (χ2v) is 4.54. The Morgan fingerprint density at radius 3 is 2.56 bits per heavy atom. The van der Waals surface area contributed by atoms with E-state index >= 15 is 0 Å². The first-order valence-corrected chi connectivity index (χ1v) is 5.60. The van der Waals surface area contributed by atoms with Crippen LogP contribution in [0.4, 0.5) is 4.39 Å². The summed E-state index contributed by atoms with van der Waals surface area (Å²) >= 11 is 0. The van der Waals surface area contributed by atoms with Gasteiger partial charge in [0.2, 0.25) is 0 Å². The van der Waals surface area contributed by atoms with E-state index in [0.29, 0.717) is 12.5 Å². The summed E-state index contributed by atoms with van der Waals surface area (Å²) in [6, 6.07) is 6.69. The van der Waals surface area contributed by atoms with Crippen LogP contribution < -0.4 is 0 Å². The average molecular weight is 225 g/mol. The van der Waals surface area contributed by atoms with Crippen LogP contribution in [0.3, 0.4) is 0 Å². The lowest BCUT2D eigenvalue weighted by Crippen LogP contribution is -2.38. The number of hydrogen-bond donors (Lipinski definition) is 1. The molecule has 0 saturated heterocycles. The molecule has 1 N–H and O–H groups in total. The van der Waals surface area contributed by atoms with Crippen molar-refractivity contribution >= 4 is 0 Å². The van der Waals surface area contributed by atoms with Gasteiger partial charge in [0.05, 0.1) is 6.61 Å². The van der Waals surface area contributed by atoms with Gasteiger partial charge in [-0.2, -0.15) is 0 Å². The molecule has 0 fully saturated rings. The predicted octanol–water partition coefficient (Wildman–Crippen LogP) is 2.27. The lowest BCUT2D eigenvalue weighted by molar-refractivity contribution is 0.108. The van der Waals surface area contributed by atoms with Crippen molar-refractivity contribution in [1.82, 2.24) is 4.90 Å². The molecular formula is C13H20FNO. The highest BCUT2D eigenvalue weighted by atomic mass is 19.1. The minimum atomic E-state index is -0.212. The molecule has 90 valence electrons. The highest BCUT2D eigenvalue weighted by molar-refractivity contribution is 5.16. The van der Waals surface area contributed by atoms with Crippen LogP contribution in [-0.4, -0.2) is 29.7 Å². The van der Waals surface area contributed by atoms with E-state index in [0.717, 1.165) is 5.56 Å². The Morgan fingerprint density at radius 2 is 2.06 bits per heavy atom. The van der Waals surface area contributed by atoms with Crippen LogP contribution in [0.2, 0.25) is 0 Å². The number of nitrogens with zero attached hydrogens (tertiary/aromatic N) is 1. The average Bonchev–Trinajstić information content (AvgIpc) is 2.17. The number of hydrogen-bond acceptors (Lipinski definition) is 2. The van der Waals surface area contributed by atoms with Gasteiger partial charge < -0.3 is 5.11 Å². The van der Waals surface area contributed by atoms with Crippen LogP contribution in [0.25, 0.3) is 0 Å². The van der Waals surface area contributed by atoms with Gasteiger partial charge in [-0.1, -0.05) is 26.0 Å². The van der Waals surface area contributed by atoms with Gasteiger partial charge in [0.1, 0.15) is 5.82 Å². The van der Waals surface area contributed by atoms with Gasteiger partial charge in [-0.25, -0.2) is 4.39 Å². The maximum Gasteiger partial charge on any atom is 0.123 e. The Labute approximate surface area is 96.7 Å². The van der Waals surface area contributed by atoms with E-state index < -0.39 is 0 Å². The molecule has 0 bridgehead atoms. The lowest BCUT2D eigenvalue weighted by atomic mass is 10.0. The molecule has 1 atom stereocenters. The second-order valence-electron chi connectivity index (χ2n) is 4.54. The summed E-state index contributed by atoms with van der Waals surface area (Å²) in [6.07, 6.45) is 0. The first-order valence-electron chi connectivity index (χ1n) is 5.60. The van der Waals surface area contributed by atoms with E-state index in [1.807, 2.05) is 13.1 Å². The summed E-state index contributed by atoms with van der Waals surface area (Å²) in [5, 5.41) is 9.28. The molecule has 0 radical (unpaired) electrons. The molecule has 1 unspecified atom stereocenters. The summed E-state index contributed by atoms with van der Waals surface area (Å²) in [6.45, 7) is 4.93. The Balaban J connectivity index is 2.66. The van der Waals surface area contributed by atoms with Crippen molar-refractivity contribution < 1.29 is 9.50 Å².